The molecular weight excluding hydrogens is 280 g/mol. The normalized spacial score (nSPS) is 12.7. The largest absolute Gasteiger partial charge is 0.300 e. The van der Waals surface area contributed by atoms with E-state index in [-0.39, 0.29) is 0 Å². The summed E-state index contributed by atoms with van der Waals surface area (Å²) in [5, 5.41) is 0. The monoisotopic (exact) mass is 324 g/mol. The molecule has 0 aliphatic rings. The molecule has 0 aromatic rings. The predicted octanol–water partition coefficient (Wildman–Crippen LogP) is 7.72. The number of unbranched alkanes of at least 4 members (excludes halogenated alkanes) is 6. The van der Waals surface area contributed by atoms with Gasteiger partial charge in [-0.2, -0.15) is 0 Å². The highest BCUT2D eigenvalue weighted by Crippen LogP contribution is 2.21. The first kappa shape index (κ1) is 22.7. The molecule has 0 aliphatic heterocycles. The van der Waals surface area contributed by atoms with E-state index in [2.05, 4.69) is 27.7 Å². The fraction of sp³-hybridized carbons (Fsp3) is 0.955. The van der Waals surface area contributed by atoms with E-state index in [1.165, 1.54) is 77.0 Å². The highest BCUT2D eigenvalue weighted by Gasteiger charge is 2.12. The molecule has 0 saturated carbocycles. The first-order chi connectivity index (χ1) is 11.2. The van der Waals surface area contributed by atoms with Gasteiger partial charge in [0.15, 0.2) is 0 Å². The standard InChI is InChI=1S/C22H44O/c1-5-9-10-11-12-13-17-21(8-4)19-22(23)18-15-14-16-20(6-2)7-3/h20-21H,5-19H2,1-4H3. The van der Waals surface area contributed by atoms with Gasteiger partial charge in [-0.3, -0.25) is 4.79 Å². The Balaban J connectivity index is 3.67. The maximum Gasteiger partial charge on any atom is 0.133 e. The van der Waals surface area contributed by atoms with Crippen molar-refractivity contribution in [2.75, 3.05) is 0 Å². The molecule has 0 aromatic heterocycles. The van der Waals surface area contributed by atoms with E-state index in [4.69, 9.17) is 0 Å². The Labute approximate surface area is 147 Å². The number of hydrogen-bond acceptors (Lipinski definition) is 1. The van der Waals surface area contributed by atoms with Crippen LogP contribution in [0.1, 0.15) is 124 Å². The van der Waals surface area contributed by atoms with Crippen molar-refractivity contribution in [1.29, 1.82) is 0 Å². The van der Waals surface area contributed by atoms with Gasteiger partial charge in [-0.1, -0.05) is 105 Å². The van der Waals surface area contributed by atoms with Crippen molar-refractivity contribution in [3.63, 3.8) is 0 Å². The van der Waals surface area contributed by atoms with Gasteiger partial charge < -0.3 is 0 Å². The van der Waals surface area contributed by atoms with Crippen LogP contribution in [0.25, 0.3) is 0 Å². The van der Waals surface area contributed by atoms with Crippen molar-refractivity contribution in [2.45, 2.75) is 124 Å². The van der Waals surface area contributed by atoms with Crippen molar-refractivity contribution < 1.29 is 4.79 Å². The summed E-state index contributed by atoms with van der Waals surface area (Å²) in [4.78, 5) is 12.2. The Bertz CT molecular complexity index is 255. The number of rotatable bonds is 17. The molecule has 1 nitrogen and oxygen atoms in total. The molecule has 0 saturated heterocycles. The number of carbonyl (C=O) groups is 1. The number of ketones is 1. The maximum atomic E-state index is 12.2. The molecule has 0 radical (unpaired) electrons. The van der Waals surface area contributed by atoms with E-state index < -0.39 is 0 Å². The van der Waals surface area contributed by atoms with Gasteiger partial charge in [-0.25, -0.2) is 0 Å². The quantitative estimate of drug-likeness (QED) is 0.250. The lowest BCUT2D eigenvalue weighted by Gasteiger charge is -2.14. The summed E-state index contributed by atoms with van der Waals surface area (Å²) in [5.41, 5.74) is 0. The van der Waals surface area contributed by atoms with E-state index in [1.807, 2.05) is 0 Å². The van der Waals surface area contributed by atoms with Gasteiger partial charge in [0, 0.05) is 12.8 Å². The van der Waals surface area contributed by atoms with Crippen molar-refractivity contribution in [1.82, 2.24) is 0 Å². The molecule has 0 rings (SSSR count). The van der Waals surface area contributed by atoms with Gasteiger partial charge in [0.1, 0.15) is 5.78 Å². The minimum absolute atomic E-state index is 0.521. The van der Waals surface area contributed by atoms with Crippen LogP contribution in [0.2, 0.25) is 0 Å². The van der Waals surface area contributed by atoms with Crippen molar-refractivity contribution in [2.24, 2.45) is 11.8 Å². The Kier molecular flexibility index (Phi) is 16.3. The number of carbonyl (C=O) groups excluding carboxylic acids is 1. The lowest BCUT2D eigenvalue weighted by atomic mass is 9.91. The summed E-state index contributed by atoms with van der Waals surface area (Å²) >= 11 is 0. The average Bonchev–Trinajstić information content (AvgIpc) is 2.57. The molecule has 23 heavy (non-hydrogen) atoms. The minimum atomic E-state index is 0.521. The summed E-state index contributed by atoms with van der Waals surface area (Å²) in [6, 6.07) is 0. The van der Waals surface area contributed by atoms with Gasteiger partial charge in [0.2, 0.25) is 0 Å². The average molecular weight is 325 g/mol. The third kappa shape index (κ3) is 13.8. The second-order valence-corrected chi connectivity index (χ2v) is 7.50. The third-order valence-electron chi connectivity index (χ3n) is 5.53. The molecule has 1 atom stereocenters. The van der Waals surface area contributed by atoms with Crippen LogP contribution in [-0.4, -0.2) is 5.78 Å². The molecule has 0 spiro atoms. The van der Waals surface area contributed by atoms with Crippen LogP contribution in [0.3, 0.4) is 0 Å². The van der Waals surface area contributed by atoms with Gasteiger partial charge >= 0.3 is 0 Å². The van der Waals surface area contributed by atoms with Crippen LogP contribution < -0.4 is 0 Å². The Morgan fingerprint density at radius 2 is 1.17 bits per heavy atom. The molecule has 0 N–H and O–H groups in total. The molecule has 0 aliphatic carbocycles. The zero-order chi connectivity index (χ0) is 17.3. The van der Waals surface area contributed by atoms with Crippen LogP contribution in [0, 0.1) is 11.8 Å². The summed E-state index contributed by atoms with van der Waals surface area (Å²) in [6.45, 7) is 9.09. The lowest BCUT2D eigenvalue weighted by Crippen LogP contribution is -2.08. The fourth-order valence-electron chi connectivity index (χ4n) is 3.54. The highest BCUT2D eigenvalue weighted by molar-refractivity contribution is 5.78. The van der Waals surface area contributed by atoms with Crippen LogP contribution in [0.4, 0.5) is 0 Å². The molecule has 0 heterocycles. The lowest BCUT2D eigenvalue weighted by molar-refractivity contribution is -0.120. The summed E-state index contributed by atoms with van der Waals surface area (Å²) in [6.07, 6.45) is 18.5. The van der Waals surface area contributed by atoms with Crippen LogP contribution in [-0.2, 0) is 4.79 Å². The minimum Gasteiger partial charge on any atom is -0.300 e. The maximum absolute atomic E-state index is 12.2. The molecule has 1 unspecified atom stereocenters. The van der Waals surface area contributed by atoms with Crippen molar-refractivity contribution in [3.05, 3.63) is 0 Å². The number of hydrogen-bond donors (Lipinski definition) is 0. The van der Waals surface area contributed by atoms with Crippen molar-refractivity contribution >= 4 is 5.78 Å². The van der Waals surface area contributed by atoms with Crippen LogP contribution in [0.5, 0.6) is 0 Å². The summed E-state index contributed by atoms with van der Waals surface area (Å²) in [7, 11) is 0. The molecule has 138 valence electrons. The Hall–Kier alpha value is -0.330. The SMILES string of the molecule is CCCCCCCCC(CC)CC(=O)CCCCC(CC)CC. The van der Waals surface area contributed by atoms with Gasteiger partial charge in [-0.15, -0.1) is 0 Å². The highest BCUT2D eigenvalue weighted by atomic mass is 16.1. The smallest absolute Gasteiger partial charge is 0.133 e. The zero-order valence-corrected chi connectivity index (χ0v) is 16.7. The molecule has 0 fully saturated rings. The second-order valence-electron chi connectivity index (χ2n) is 7.50. The molecule has 1 heteroatoms. The molecular formula is C22H44O. The van der Waals surface area contributed by atoms with E-state index >= 15 is 0 Å². The van der Waals surface area contributed by atoms with Gasteiger partial charge in [-0.05, 0) is 18.3 Å². The topological polar surface area (TPSA) is 17.1 Å². The Morgan fingerprint density at radius 1 is 0.652 bits per heavy atom. The summed E-state index contributed by atoms with van der Waals surface area (Å²) < 4.78 is 0. The van der Waals surface area contributed by atoms with Crippen LogP contribution in [0.15, 0.2) is 0 Å². The fourth-order valence-corrected chi connectivity index (χ4v) is 3.54. The molecule has 0 amide bonds. The zero-order valence-electron chi connectivity index (χ0n) is 16.7. The number of Topliss-reactive ketones (excluding diaryl/α,β-unsaturated/α-hetero) is 1. The third-order valence-corrected chi connectivity index (χ3v) is 5.53. The first-order valence-corrected chi connectivity index (χ1v) is 10.7. The van der Waals surface area contributed by atoms with Crippen LogP contribution >= 0.6 is 0 Å². The van der Waals surface area contributed by atoms with E-state index in [0.29, 0.717) is 11.7 Å². The second kappa shape index (κ2) is 16.5. The Morgan fingerprint density at radius 3 is 1.78 bits per heavy atom. The van der Waals surface area contributed by atoms with E-state index in [1.54, 1.807) is 0 Å². The summed E-state index contributed by atoms with van der Waals surface area (Å²) in [5.74, 6) is 2.04. The van der Waals surface area contributed by atoms with Crippen molar-refractivity contribution in [3.8, 4) is 0 Å². The predicted molar refractivity (Wildman–Crippen MR) is 104 cm³/mol. The molecule has 0 bridgehead atoms. The van der Waals surface area contributed by atoms with Gasteiger partial charge in [0.25, 0.3) is 0 Å². The van der Waals surface area contributed by atoms with E-state index in [0.717, 1.165) is 25.2 Å². The van der Waals surface area contributed by atoms with E-state index in [9.17, 15) is 4.79 Å². The van der Waals surface area contributed by atoms with Gasteiger partial charge in [0.05, 0.1) is 0 Å². The molecule has 0 aromatic carbocycles. The first-order valence-electron chi connectivity index (χ1n) is 10.7.